The zero-order valence-electron chi connectivity index (χ0n) is 22.2. The molecule has 39 heavy (non-hydrogen) atoms. The first-order valence-electron chi connectivity index (χ1n) is 12.8. The molecule has 0 bridgehead atoms. The van der Waals surface area contributed by atoms with Crippen molar-refractivity contribution >= 4 is 29.0 Å². The summed E-state index contributed by atoms with van der Waals surface area (Å²) in [6.45, 7) is 6.18. The number of anilines is 1. The molecule has 0 saturated heterocycles. The fourth-order valence-electron chi connectivity index (χ4n) is 4.47. The number of rotatable bonds is 8. The van der Waals surface area contributed by atoms with Crippen molar-refractivity contribution in [3.8, 4) is 5.75 Å². The first kappa shape index (κ1) is 28.0. The molecule has 0 radical (unpaired) electrons. The van der Waals surface area contributed by atoms with E-state index in [1.54, 1.807) is 49.6 Å². The predicted molar refractivity (Wildman–Crippen MR) is 142 cm³/mol. The van der Waals surface area contributed by atoms with Crippen LogP contribution in [0.15, 0.2) is 36.9 Å². The number of carbonyl (C=O) groups is 2. The van der Waals surface area contributed by atoms with Gasteiger partial charge in [-0.15, -0.1) is 0 Å². The van der Waals surface area contributed by atoms with E-state index >= 15 is 0 Å². The van der Waals surface area contributed by atoms with E-state index in [0.29, 0.717) is 54.9 Å². The van der Waals surface area contributed by atoms with Gasteiger partial charge in [0.15, 0.2) is 11.5 Å². The van der Waals surface area contributed by atoms with E-state index in [1.165, 1.54) is 12.7 Å². The molecule has 0 spiro atoms. The number of alkyl carbamates (subject to hydrolysis) is 1. The number of aromatic nitrogens is 4. The Hall–Kier alpha value is -3.97. The number of ether oxygens (including phenoxy) is 2. The van der Waals surface area contributed by atoms with E-state index in [0.717, 1.165) is 0 Å². The average Bonchev–Trinajstić information content (AvgIpc) is 3.30. The maximum atomic E-state index is 12.9. The van der Waals surface area contributed by atoms with E-state index < -0.39 is 36.0 Å². The maximum absolute atomic E-state index is 12.9. The van der Waals surface area contributed by atoms with Gasteiger partial charge in [-0.2, -0.15) is 0 Å². The summed E-state index contributed by atoms with van der Waals surface area (Å²) in [6, 6.07) is 5.26. The summed E-state index contributed by atoms with van der Waals surface area (Å²) in [5.74, 6) is 0.426. The van der Waals surface area contributed by atoms with E-state index in [4.69, 9.17) is 15.2 Å². The average molecular weight is 542 g/mol. The first-order valence-corrected chi connectivity index (χ1v) is 12.8. The molecule has 210 valence electrons. The lowest BCUT2D eigenvalue weighted by Crippen LogP contribution is -2.53. The van der Waals surface area contributed by atoms with Crippen LogP contribution in [0.5, 0.6) is 5.75 Å². The molecule has 2 aromatic heterocycles. The summed E-state index contributed by atoms with van der Waals surface area (Å²) in [6.07, 6.45) is 1.67. The van der Waals surface area contributed by atoms with E-state index in [9.17, 15) is 19.8 Å². The molecule has 6 N–H and O–H groups in total. The van der Waals surface area contributed by atoms with Crippen LogP contribution in [0.3, 0.4) is 0 Å². The minimum Gasteiger partial charge on any atom is -0.494 e. The van der Waals surface area contributed by atoms with Crippen molar-refractivity contribution in [1.29, 1.82) is 0 Å². The van der Waals surface area contributed by atoms with Gasteiger partial charge in [0, 0.05) is 12.1 Å². The standard InChI is InChI=1S/C26H35N7O6/c1-26(2,3)39-25(37)28-11-4-12-38-16-7-5-15(6-8-16)24(36)32-17-9-10-18(34)20(21(17)35)33-14-31-19-22(27)29-13-30-23(19)33/h5-8,13-14,17-18,20-21,34-35H,4,9-12H2,1-3H3,(H,28,37)(H,32,36)(H2,27,29,30)/t17-,18+,20-,21-/m1/s1. The van der Waals surface area contributed by atoms with Gasteiger partial charge in [0.25, 0.3) is 5.91 Å². The summed E-state index contributed by atoms with van der Waals surface area (Å²) >= 11 is 0. The quantitative estimate of drug-likeness (QED) is 0.262. The number of aliphatic hydroxyl groups excluding tert-OH is 2. The Morgan fingerprint density at radius 1 is 1.13 bits per heavy atom. The van der Waals surface area contributed by atoms with Gasteiger partial charge >= 0.3 is 6.09 Å². The molecule has 1 aromatic carbocycles. The number of nitrogens with one attached hydrogen (secondary N) is 2. The minimum absolute atomic E-state index is 0.202. The summed E-state index contributed by atoms with van der Waals surface area (Å²) < 4.78 is 12.4. The fraction of sp³-hybridized carbons (Fsp3) is 0.500. The third-order valence-corrected chi connectivity index (χ3v) is 6.33. The van der Waals surface area contributed by atoms with Crippen LogP contribution < -0.4 is 21.1 Å². The molecule has 0 unspecified atom stereocenters. The van der Waals surface area contributed by atoms with Gasteiger partial charge in [-0.3, -0.25) is 4.79 Å². The molecule has 2 amide bonds. The highest BCUT2D eigenvalue weighted by molar-refractivity contribution is 5.94. The summed E-state index contributed by atoms with van der Waals surface area (Å²) in [7, 11) is 0. The number of nitrogens with zero attached hydrogens (tertiary/aromatic N) is 4. The number of amides is 2. The Balaban J connectivity index is 1.29. The molecule has 1 aliphatic carbocycles. The molecule has 2 heterocycles. The second-order valence-corrected chi connectivity index (χ2v) is 10.4. The molecule has 1 saturated carbocycles. The van der Waals surface area contributed by atoms with E-state index in [2.05, 4.69) is 25.6 Å². The van der Waals surface area contributed by atoms with Crippen LogP contribution in [0.1, 0.15) is 56.4 Å². The molecule has 1 fully saturated rings. The largest absolute Gasteiger partial charge is 0.494 e. The molecule has 13 nitrogen and oxygen atoms in total. The molecule has 13 heteroatoms. The number of carbonyl (C=O) groups excluding carboxylic acids is 2. The number of imidazole rings is 1. The molecular formula is C26H35N7O6. The normalized spacial score (nSPS) is 21.4. The van der Waals surface area contributed by atoms with Crippen LogP contribution in [0.4, 0.5) is 10.6 Å². The Morgan fingerprint density at radius 2 is 1.87 bits per heavy atom. The number of nitrogens with two attached hydrogens (primary N) is 1. The SMILES string of the molecule is CC(C)(C)OC(=O)NCCCOc1ccc(C(=O)N[C@@H]2CC[C@H](O)[C@@H](n3cnc4c(N)ncnc43)[C@@H]2O)cc1. The number of nitrogen functional groups attached to an aromatic ring is 1. The molecule has 0 aliphatic heterocycles. The molecule has 4 rings (SSSR count). The van der Waals surface area contributed by atoms with Crippen LogP contribution in [0, 0.1) is 0 Å². The van der Waals surface area contributed by atoms with Gasteiger partial charge in [-0.1, -0.05) is 0 Å². The predicted octanol–water partition coefficient (Wildman–Crippen LogP) is 1.56. The molecule has 4 atom stereocenters. The number of benzene rings is 1. The first-order chi connectivity index (χ1) is 18.5. The zero-order chi connectivity index (χ0) is 28.2. The number of aliphatic hydroxyl groups is 2. The molecule has 1 aliphatic rings. The third kappa shape index (κ3) is 6.92. The van der Waals surface area contributed by atoms with Crippen molar-refractivity contribution in [3.05, 3.63) is 42.5 Å². The monoisotopic (exact) mass is 541 g/mol. The highest BCUT2D eigenvalue weighted by Gasteiger charge is 2.40. The third-order valence-electron chi connectivity index (χ3n) is 6.33. The van der Waals surface area contributed by atoms with Gasteiger partial charge in [0.05, 0.1) is 37.2 Å². The van der Waals surface area contributed by atoms with Gasteiger partial charge in [0.1, 0.15) is 23.2 Å². The summed E-state index contributed by atoms with van der Waals surface area (Å²) in [5, 5.41) is 27.3. The highest BCUT2D eigenvalue weighted by Crippen LogP contribution is 2.32. The van der Waals surface area contributed by atoms with Crippen LogP contribution >= 0.6 is 0 Å². The summed E-state index contributed by atoms with van der Waals surface area (Å²) in [4.78, 5) is 36.9. The second kappa shape index (κ2) is 11.8. The smallest absolute Gasteiger partial charge is 0.407 e. The van der Waals surface area contributed by atoms with Gasteiger partial charge in [-0.25, -0.2) is 19.7 Å². The Bertz CT molecular complexity index is 1290. The van der Waals surface area contributed by atoms with E-state index in [1.807, 2.05) is 0 Å². The Morgan fingerprint density at radius 3 is 2.59 bits per heavy atom. The molecular weight excluding hydrogens is 506 g/mol. The van der Waals surface area contributed by atoms with Gasteiger partial charge in [0.2, 0.25) is 0 Å². The lowest BCUT2D eigenvalue weighted by atomic mass is 9.85. The van der Waals surface area contributed by atoms with Gasteiger partial charge in [-0.05, 0) is 64.3 Å². The second-order valence-electron chi connectivity index (χ2n) is 10.4. The number of hydrogen-bond donors (Lipinski definition) is 5. The van der Waals surface area contributed by atoms with Crippen LogP contribution in [-0.4, -0.2) is 78.7 Å². The van der Waals surface area contributed by atoms with Crippen molar-refractivity contribution in [2.45, 2.75) is 69.9 Å². The van der Waals surface area contributed by atoms with Crippen molar-refractivity contribution < 1.29 is 29.3 Å². The fourth-order valence-corrected chi connectivity index (χ4v) is 4.47. The number of fused-ring (bicyclic) bond motifs is 1. The van der Waals surface area contributed by atoms with Crippen molar-refractivity contribution in [2.75, 3.05) is 18.9 Å². The van der Waals surface area contributed by atoms with Gasteiger partial charge < -0.3 is 40.6 Å². The van der Waals surface area contributed by atoms with Crippen molar-refractivity contribution in [3.63, 3.8) is 0 Å². The molecule has 3 aromatic rings. The Kier molecular flexibility index (Phi) is 8.51. The number of hydrogen-bond acceptors (Lipinski definition) is 10. The highest BCUT2D eigenvalue weighted by atomic mass is 16.6. The van der Waals surface area contributed by atoms with Crippen LogP contribution in [0.2, 0.25) is 0 Å². The van der Waals surface area contributed by atoms with Crippen molar-refractivity contribution in [2.24, 2.45) is 0 Å². The van der Waals surface area contributed by atoms with Crippen LogP contribution in [-0.2, 0) is 4.74 Å². The van der Waals surface area contributed by atoms with Crippen molar-refractivity contribution in [1.82, 2.24) is 30.2 Å². The maximum Gasteiger partial charge on any atom is 0.407 e. The minimum atomic E-state index is -1.09. The topological polar surface area (TPSA) is 187 Å². The lowest BCUT2D eigenvalue weighted by molar-refractivity contribution is -0.0323. The lowest BCUT2D eigenvalue weighted by Gasteiger charge is -2.39. The van der Waals surface area contributed by atoms with Crippen LogP contribution in [0.25, 0.3) is 11.2 Å². The summed E-state index contributed by atoms with van der Waals surface area (Å²) in [5.41, 5.74) is 6.50. The van der Waals surface area contributed by atoms with E-state index in [-0.39, 0.29) is 11.7 Å². The zero-order valence-corrected chi connectivity index (χ0v) is 22.2. The Labute approximate surface area is 225 Å².